The number of rotatable bonds is 5. The predicted octanol–water partition coefficient (Wildman–Crippen LogP) is 3.53. The van der Waals surface area contributed by atoms with Crippen LogP contribution in [0.3, 0.4) is 0 Å². The lowest BCUT2D eigenvalue weighted by Gasteiger charge is -2.25. The predicted molar refractivity (Wildman–Crippen MR) is 112 cm³/mol. The first-order valence-corrected chi connectivity index (χ1v) is 10.1. The molecule has 1 fully saturated rings. The van der Waals surface area contributed by atoms with Gasteiger partial charge in [0.1, 0.15) is 12.1 Å². The van der Waals surface area contributed by atoms with Crippen LogP contribution in [0.4, 0.5) is 0 Å². The zero-order valence-corrected chi connectivity index (χ0v) is 17.0. The van der Waals surface area contributed by atoms with Crippen molar-refractivity contribution in [3.63, 3.8) is 0 Å². The van der Waals surface area contributed by atoms with Crippen LogP contribution >= 0.6 is 0 Å². The molecule has 0 radical (unpaired) electrons. The summed E-state index contributed by atoms with van der Waals surface area (Å²) in [5.41, 5.74) is 2.51. The van der Waals surface area contributed by atoms with E-state index in [1.807, 2.05) is 37.3 Å². The largest absolute Gasteiger partial charge is 0.341 e. The summed E-state index contributed by atoms with van der Waals surface area (Å²) in [6, 6.07) is 15.8. The van der Waals surface area contributed by atoms with Crippen molar-refractivity contribution in [2.24, 2.45) is 0 Å². The average Bonchev–Trinajstić information content (AvgIpc) is 3.43. The van der Waals surface area contributed by atoms with Crippen LogP contribution in [0, 0.1) is 6.92 Å². The number of amides is 2. The van der Waals surface area contributed by atoms with Crippen LogP contribution in [0.25, 0.3) is 11.4 Å². The Hall–Kier alpha value is -3.48. The average molecular weight is 404 g/mol. The van der Waals surface area contributed by atoms with Gasteiger partial charge in [0.2, 0.25) is 17.6 Å². The molecular formula is C23H24N4O3. The molecule has 154 valence electrons. The molecule has 2 amide bonds. The quantitative estimate of drug-likeness (QED) is 0.703. The van der Waals surface area contributed by atoms with E-state index in [9.17, 15) is 9.59 Å². The van der Waals surface area contributed by atoms with Crippen molar-refractivity contribution in [1.82, 2.24) is 20.4 Å². The third-order valence-corrected chi connectivity index (χ3v) is 5.29. The molecule has 0 aliphatic carbocycles. The van der Waals surface area contributed by atoms with Gasteiger partial charge in [-0.1, -0.05) is 47.1 Å². The molecule has 0 unspecified atom stereocenters. The zero-order chi connectivity index (χ0) is 21.1. The Labute approximate surface area is 175 Å². The van der Waals surface area contributed by atoms with E-state index in [4.69, 9.17) is 4.52 Å². The highest BCUT2D eigenvalue weighted by Crippen LogP contribution is 2.32. The summed E-state index contributed by atoms with van der Waals surface area (Å²) >= 11 is 0. The van der Waals surface area contributed by atoms with E-state index in [-0.39, 0.29) is 17.9 Å². The second kappa shape index (κ2) is 8.49. The second-order valence-corrected chi connectivity index (χ2v) is 7.58. The van der Waals surface area contributed by atoms with Crippen LogP contribution in [0.5, 0.6) is 0 Å². The Morgan fingerprint density at radius 3 is 2.73 bits per heavy atom. The highest BCUT2D eigenvalue weighted by atomic mass is 16.5. The number of nitrogens with zero attached hydrogens (tertiary/aromatic N) is 3. The van der Waals surface area contributed by atoms with E-state index in [1.165, 1.54) is 0 Å². The van der Waals surface area contributed by atoms with Crippen LogP contribution in [-0.2, 0) is 4.79 Å². The molecule has 1 saturated heterocycles. The van der Waals surface area contributed by atoms with Crippen molar-refractivity contribution < 1.29 is 14.1 Å². The van der Waals surface area contributed by atoms with Crippen molar-refractivity contribution in [2.45, 2.75) is 38.8 Å². The van der Waals surface area contributed by atoms with Gasteiger partial charge in [-0.15, -0.1) is 0 Å². The van der Waals surface area contributed by atoms with Crippen LogP contribution in [0.15, 0.2) is 59.1 Å². The molecule has 3 aromatic rings. The molecule has 1 aliphatic rings. The second-order valence-electron chi connectivity index (χ2n) is 7.58. The maximum Gasteiger partial charge on any atom is 0.251 e. The first kappa shape index (κ1) is 19.8. The molecule has 2 atom stereocenters. The summed E-state index contributed by atoms with van der Waals surface area (Å²) in [4.78, 5) is 31.7. The Kier molecular flexibility index (Phi) is 5.61. The van der Waals surface area contributed by atoms with Gasteiger partial charge >= 0.3 is 0 Å². The molecule has 0 saturated carbocycles. The van der Waals surface area contributed by atoms with Crippen LogP contribution in [-0.4, -0.2) is 39.4 Å². The summed E-state index contributed by atoms with van der Waals surface area (Å²) in [6.07, 6.45) is 1.60. The number of aromatic nitrogens is 2. The molecule has 0 bridgehead atoms. The number of nitrogens with one attached hydrogen (secondary N) is 1. The SMILES string of the molecule is Cc1cccc(-c2noc([C@@H]3CCCN3C(=O)[C@@H](C)NC(=O)c3ccccc3)n2)c1. The van der Waals surface area contributed by atoms with E-state index in [0.29, 0.717) is 23.8 Å². The van der Waals surface area contributed by atoms with Crippen molar-refractivity contribution in [2.75, 3.05) is 6.54 Å². The molecule has 0 spiro atoms. The molecule has 1 aliphatic heterocycles. The van der Waals surface area contributed by atoms with Crippen molar-refractivity contribution in [1.29, 1.82) is 0 Å². The van der Waals surface area contributed by atoms with Gasteiger partial charge in [-0.2, -0.15) is 4.98 Å². The number of aryl methyl sites for hydroxylation is 1. The normalized spacial score (nSPS) is 17.0. The standard InChI is InChI=1S/C23H24N4O3/c1-15-8-6-11-18(14-15)20-25-22(30-26-20)19-12-7-13-27(19)23(29)16(2)24-21(28)17-9-4-3-5-10-17/h3-6,8-11,14,16,19H,7,12-13H2,1-2H3,(H,24,28)/t16-,19+/m1/s1. The molecule has 7 nitrogen and oxygen atoms in total. The number of carbonyl (C=O) groups excluding carboxylic acids is 2. The molecule has 1 N–H and O–H groups in total. The Morgan fingerprint density at radius 1 is 1.17 bits per heavy atom. The highest BCUT2D eigenvalue weighted by molar-refractivity contribution is 5.97. The smallest absolute Gasteiger partial charge is 0.251 e. The van der Waals surface area contributed by atoms with Gasteiger partial charge < -0.3 is 14.7 Å². The van der Waals surface area contributed by atoms with Crippen molar-refractivity contribution in [3.8, 4) is 11.4 Å². The van der Waals surface area contributed by atoms with Gasteiger partial charge in [-0.3, -0.25) is 9.59 Å². The molecule has 4 rings (SSSR count). The summed E-state index contributed by atoms with van der Waals surface area (Å²) in [6.45, 7) is 4.30. The van der Waals surface area contributed by atoms with Crippen molar-refractivity contribution >= 4 is 11.8 Å². The first-order valence-electron chi connectivity index (χ1n) is 10.1. The maximum atomic E-state index is 13.0. The fraction of sp³-hybridized carbons (Fsp3) is 0.304. The minimum atomic E-state index is -0.655. The fourth-order valence-electron chi connectivity index (χ4n) is 3.74. The zero-order valence-electron chi connectivity index (χ0n) is 17.0. The Bertz CT molecular complexity index is 1050. The third kappa shape index (κ3) is 4.10. The number of likely N-dealkylation sites (tertiary alicyclic amines) is 1. The number of hydrogen-bond donors (Lipinski definition) is 1. The van der Waals surface area contributed by atoms with E-state index >= 15 is 0 Å². The van der Waals surface area contributed by atoms with Gasteiger partial charge in [0.05, 0.1) is 0 Å². The third-order valence-electron chi connectivity index (χ3n) is 5.29. The molecule has 2 aromatic carbocycles. The maximum absolute atomic E-state index is 13.0. The molecule has 30 heavy (non-hydrogen) atoms. The highest BCUT2D eigenvalue weighted by Gasteiger charge is 2.36. The van der Waals surface area contributed by atoms with E-state index < -0.39 is 6.04 Å². The minimum Gasteiger partial charge on any atom is -0.341 e. The molecule has 2 heterocycles. The minimum absolute atomic E-state index is 0.155. The van der Waals surface area contributed by atoms with Crippen LogP contribution in [0.1, 0.15) is 47.6 Å². The summed E-state index contributed by atoms with van der Waals surface area (Å²) in [7, 11) is 0. The monoisotopic (exact) mass is 404 g/mol. The molecule has 1 aromatic heterocycles. The van der Waals surface area contributed by atoms with Gasteiger partial charge in [0.25, 0.3) is 5.91 Å². The number of carbonyl (C=O) groups is 2. The van der Waals surface area contributed by atoms with Gasteiger partial charge in [0, 0.05) is 17.7 Å². The van der Waals surface area contributed by atoms with E-state index in [1.54, 1.807) is 36.1 Å². The summed E-state index contributed by atoms with van der Waals surface area (Å²) < 4.78 is 5.51. The lowest BCUT2D eigenvalue weighted by molar-refractivity contribution is -0.134. The van der Waals surface area contributed by atoms with Crippen molar-refractivity contribution in [3.05, 3.63) is 71.6 Å². The number of hydrogen-bond acceptors (Lipinski definition) is 5. The fourth-order valence-corrected chi connectivity index (χ4v) is 3.74. The lowest BCUT2D eigenvalue weighted by Crippen LogP contribution is -2.46. The van der Waals surface area contributed by atoms with Crippen LogP contribution < -0.4 is 5.32 Å². The van der Waals surface area contributed by atoms with E-state index in [2.05, 4.69) is 15.5 Å². The van der Waals surface area contributed by atoms with Gasteiger partial charge in [0.15, 0.2) is 0 Å². The topological polar surface area (TPSA) is 88.3 Å². The van der Waals surface area contributed by atoms with Gasteiger partial charge in [-0.25, -0.2) is 0 Å². The summed E-state index contributed by atoms with van der Waals surface area (Å²) in [5, 5.41) is 6.89. The van der Waals surface area contributed by atoms with Crippen LogP contribution in [0.2, 0.25) is 0 Å². The summed E-state index contributed by atoms with van der Waals surface area (Å²) in [5.74, 6) is 0.515. The van der Waals surface area contributed by atoms with E-state index in [0.717, 1.165) is 24.0 Å². The molecule has 7 heteroatoms. The Balaban J connectivity index is 1.47. The first-order chi connectivity index (χ1) is 14.5. The number of benzene rings is 2. The molecular weight excluding hydrogens is 380 g/mol. The Morgan fingerprint density at radius 2 is 1.97 bits per heavy atom. The van der Waals surface area contributed by atoms with Gasteiger partial charge in [-0.05, 0) is 44.9 Å². The lowest BCUT2D eigenvalue weighted by atomic mass is 10.1.